The van der Waals surface area contributed by atoms with Gasteiger partial charge in [0.2, 0.25) is 5.88 Å². The third-order valence-corrected chi connectivity index (χ3v) is 5.55. The molecule has 1 aliphatic rings. The van der Waals surface area contributed by atoms with E-state index in [-0.39, 0.29) is 17.1 Å². The van der Waals surface area contributed by atoms with Crippen LogP contribution < -0.4 is 9.47 Å². The summed E-state index contributed by atoms with van der Waals surface area (Å²) in [5.41, 5.74) is 0. The normalized spacial score (nSPS) is 16.9. The predicted octanol–water partition coefficient (Wildman–Crippen LogP) is 0.451. The molecule has 0 N–H and O–H groups in total. The summed E-state index contributed by atoms with van der Waals surface area (Å²) in [7, 11) is -0.324. The van der Waals surface area contributed by atoms with Crippen LogP contribution in [0.15, 0.2) is 29.8 Å². The number of aromatic nitrogens is 4. The highest BCUT2D eigenvalue weighted by molar-refractivity contribution is 7.89. The van der Waals surface area contributed by atoms with Gasteiger partial charge in [-0.3, -0.25) is 0 Å². The SMILES string of the molecule is COc1nccc(OC2CCN(S(=O)(=O)c3cn(C)cn3)CC2)n1. The second-order valence-electron chi connectivity index (χ2n) is 5.48. The maximum absolute atomic E-state index is 12.5. The van der Waals surface area contributed by atoms with Crippen LogP contribution in [0.4, 0.5) is 0 Å². The first-order valence-electron chi connectivity index (χ1n) is 7.51. The number of rotatable bonds is 5. The molecule has 0 bridgehead atoms. The highest BCUT2D eigenvalue weighted by Crippen LogP contribution is 2.22. The van der Waals surface area contributed by atoms with Gasteiger partial charge in [0, 0.05) is 38.6 Å². The van der Waals surface area contributed by atoms with Crippen LogP contribution in [0.25, 0.3) is 0 Å². The van der Waals surface area contributed by atoms with Crippen LogP contribution in [0.5, 0.6) is 11.9 Å². The molecule has 9 nitrogen and oxygen atoms in total. The minimum Gasteiger partial charge on any atom is -0.474 e. The van der Waals surface area contributed by atoms with E-state index in [1.165, 1.54) is 23.9 Å². The van der Waals surface area contributed by atoms with Crippen molar-refractivity contribution in [3.63, 3.8) is 0 Å². The number of nitrogens with zero attached hydrogens (tertiary/aromatic N) is 5. The van der Waals surface area contributed by atoms with Crippen LogP contribution in [-0.4, -0.2) is 58.5 Å². The lowest BCUT2D eigenvalue weighted by molar-refractivity contribution is 0.128. The fraction of sp³-hybridized carbons (Fsp3) is 0.500. The van der Waals surface area contributed by atoms with Crippen molar-refractivity contribution in [1.82, 2.24) is 23.8 Å². The Balaban J connectivity index is 1.61. The average molecular weight is 353 g/mol. The van der Waals surface area contributed by atoms with Gasteiger partial charge in [0.15, 0.2) is 5.03 Å². The van der Waals surface area contributed by atoms with Crippen molar-refractivity contribution in [2.75, 3.05) is 20.2 Å². The van der Waals surface area contributed by atoms with Crippen molar-refractivity contribution in [3.8, 4) is 11.9 Å². The smallest absolute Gasteiger partial charge is 0.319 e. The third-order valence-electron chi connectivity index (χ3n) is 3.76. The first-order valence-corrected chi connectivity index (χ1v) is 8.95. The highest BCUT2D eigenvalue weighted by Gasteiger charge is 2.31. The monoisotopic (exact) mass is 353 g/mol. The zero-order chi connectivity index (χ0) is 17.2. The van der Waals surface area contributed by atoms with Crippen LogP contribution >= 0.6 is 0 Å². The molecule has 0 atom stereocenters. The molecule has 1 aliphatic heterocycles. The molecule has 0 spiro atoms. The van der Waals surface area contributed by atoms with Gasteiger partial charge in [-0.25, -0.2) is 18.4 Å². The summed E-state index contributed by atoms with van der Waals surface area (Å²) in [6.07, 6.45) is 5.61. The molecular weight excluding hydrogens is 334 g/mol. The molecule has 0 aromatic carbocycles. The number of methoxy groups -OCH3 is 1. The zero-order valence-electron chi connectivity index (χ0n) is 13.5. The van der Waals surface area contributed by atoms with E-state index in [1.807, 2.05) is 0 Å². The second kappa shape index (κ2) is 6.73. The standard InChI is InChI=1S/C14H19N5O4S/c1-18-9-13(16-10-18)24(20,21)19-7-4-11(5-8-19)23-12-3-6-15-14(17-12)22-2/h3,6,9-11H,4-5,7-8H2,1-2H3. The van der Waals surface area contributed by atoms with Crippen molar-refractivity contribution in [2.24, 2.45) is 7.05 Å². The molecule has 2 aromatic rings. The van der Waals surface area contributed by atoms with E-state index in [9.17, 15) is 8.42 Å². The van der Waals surface area contributed by atoms with Crippen molar-refractivity contribution < 1.29 is 17.9 Å². The van der Waals surface area contributed by atoms with Crippen molar-refractivity contribution in [3.05, 3.63) is 24.8 Å². The molecule has 2 aromatic heterocycles. The lowest BCUT2D eigenvalue weighted by Crippen LogP contribution is -2.41. The van der Waals surface area contributed by atoms with E-state index in [0.29, 0.717) is 31.8 Å². The van der Waals surface area contributed by atoms with Crippen LogP contribution in [0, 0.1) is 0 Å². The Morgan fingerprint density at radius 2 is 2.00 bits per heavy atom. The quantitative estimate of drug-likeness (QED) is 0.769. The summed E-state index contributed by atoms with van der Waals surface area (Å²) in [5, 5.41) is 0.0740. The lowest BCUT2D eigenvalue weighted by Gasteiger charge is -2.30. The molecule has 0 unspecified atom stereocenters. The summed E-state index contributed by atoms with van der Waals surface area (Å²) in [5.74, 6) is 0.424. The van der Waals surface area contributed by atoms with Crippen LogP contribution in [0.2, 0.25) is 0 Å². The Morgan fingerprint density at radius 1 is 1.25 bits per heavy atom. The molecule has 130 valence electrons. The number of aryl methyl sites for hydroxylation is 1. The summed E-state index contributed by atoms with van der Waals surface area (Å²) in [6.45, 7) is 0.761. The topological polar surface area (TPSA) is 99.4 Å². The molecule has 24 heavy (non-hydrogen) atoms. The Kier molecular flexibility index (Phi) is 4.67. The Bertz CT molecular complexity index is 799. The summed E-state index contributed by atoms with van der Waals surface area (Å²) >= 11 is 0. The second-order valence-corrected chi connectivity index (χ2v) is 7.37. The maximum atomic E-state index is 12.5. The van der Waals surface area contributed by atoms with E-state index in [0.717, 1.165) is 0 Å². The molecule has 3 rings (SSSR count). The molecular formula is C14H19N5O4S. The Hall–Kier alpha value is -2.20. The minimum atomic E-state index is -3.55. The van der Waals surface area contributed by atoms with Crippen LogP contribution in [0.3, 0.4) is 0 Å². The molecule has 10 heteroatoms. The molecule has 3 heterocycles. The zero-order valence-corrected chi connectivity index (χ0v) is 14.3. The van der Waals surface area contributed by atoms with Crippen molar-refractivity contribution >= 4 is 10.0 Å². The molecule has 0 amide bonds. The number of hydrogen-bond acceptors (Lipinski definition) is 7. The predicted molar refractivity (Wildman–Crippen MR) is 84.2 cm³/mol. The highest BCUT2D eigenvalue weighted by atomic mass is 32.2. The lowest BCUT2D eigenvalue weighted by atomic mass is 10.1. The Morgan fingerprint density at radius 3 is 2.62 bits per heavy atom. The van der Waals surface area contributed by atoms with Crippen LogP contribution in [-0.2, 0) is 17.1 Å². The van der Waals surface area contributed by atoms with Gasteiger partial charge >= 0.3 is 6.01 Å². The van der Waals surface area contributed by atoms with E-state index >= 15 is 0 Å². The van der Waals surface area contributed by atoms with Gasteiger partial charge < -0.3 is 14.0 Å². The van der Waals surface area contributed by atoms with E-state index in [2.05, 4.69) is 15.0 Å². The largest absolute Gasteiger partial charge is 0.474 e. The fourth-order valence-corrected chi connectivity index (χ4v) is 3.94. The number of ether oxygens (including phenoxy) is 2. The summed E-state index contributed by atoms with van der Waals surface area (Å²) in [6, 6.07) is 1.89. The van der Waals surface area contributed by atoms with Gasteiger partial charge in [0.05, 0.1) is 13.4 Å². The molecule has 1 saturated heterocycles. The van der Waals surface area contributed by atoms with Gasteiger partial charge in [-0.05, 0) is 12.8 Å². The molecule has 0 aliphatic carbocycles. The summed E-state index contributed by atoms with van der Waals surface area (Å²) < 4.78 is 38.9. The van der Waals surface area contributed by atoms with Crippen molar-refractivity contribution in [1.29, 1.82) is 0 Å². The van der Waals surface area contributed by atoms with E-state index in [4.69, 9.17) is 9.47 Å². The number of imidazole rings is 1. The third kappa shape index (κ3) is 3.49. The van der Waals surface area contributed by atoms with E-state index < -0.39 is 10.0 Å². The van der Waals surface area contributed by atoms with Crippen molar-refractivity contribution in [2.45, 2.75) is 24.0 Å². The van der Waals surface area contributed by atoms with Gasteiger partial charge in [0.25, 0.3) is 10.0 Å². The van der Waals surface area contributed by atoms with Gasteiger partial charge in [-0.2, -0.15) is 9.29 Å². The summed E-state index contributed by atoms with van der Waals surface area (Å²) in [4.78, 5) is 12.0. The number of hydrogen-bond donors (Lipinski definition) is 0. The molecule has 0 saturated carbocycles. The maximum Gasteiger partial charge on any atom is 0.319 e. The van der Waals surface area contributed by atoms with E-state index in [1.54, 1.807) is 23.9 Å². The average Bonchev–Trinajstić information content (AvgIpc) is 3.03. The molecule has 1 fully saturated rings. The van der Waals surface area contributed by atoms with Gasteiger partial charge in [0.1, 0.15) is 6.10 Å². The first-order chi connectivity index (χ1) is 11.5. The number of sulfonamides is 1. The fourth-order valence-electron chi connectivity index (χ4n) is 2.50. The van der Waals surface area contributed by atoms with Gasteiger partial charge in [-0.1, -0.05) is 0 Å². The number of piperidine rings is 1. The minimum absolute atomic E-state index is 0.0740. The Labute approximate surface area is 140 Å². The van der Waals surface area contributed by atoms with Crippen LogP contribution in [0.1, 0.15) is 12.8 Å². The molecule has 0 radical (unpaired) electrons. The first kappa shape index (κ1) is 16.7. The van der Waals surface area contributed by atoms with Gasteiger partial charge in [-0.15, -0.1) is 0 Å².